The fourth-order valence-corrected chi connectivity index (χ4v) is 7.56. The summed E-state index contributed by atoms with van der Waals surface area (Å²) in [5.41, 5.74) is 3.30. The molecule has 1 fully saturated rings. The molecule has 6 rings (SSSR count). The van der Waals surface area contributed by atoms with Crippen LogP contribution in [0.2, 0.25) is 0 Å². The van der Waals surface area contributed by atoms with E-state index >= 15 is 0 Å². The van der Waals surface area contributed by atoms with Crippen molar-refractivity contribution in [3.05, 3.63) is 40.5 Å². The molecule has 1 aliphatic carbocycles. The van der Waals surface area contributed by atoms with Crippen molar-refractivity contribution in [2.75, 3.05) is 32.5 Å². The Kier molecular flexibility index (Phi) is 5.58. The molecule has 4 heterocycles. The topological polar surface area (TPSA) is 78.4 Å². The van der Waals surface area contributed by atoms with E-state index in [1.807, 2.05) is 18.2 Å². The number of carbonyl (C=O) groups is 2. The van der Waals surface area contributed by atoms with Gasteiger partial charge in [0.1, 0.15) is 17.0 Å². The highest BCUT2D eigenvalue weighted by atomic mass is 32.2. The van der Waals surface area contributed by atoms with Crippen molar-refractivity contribution in [3.8, 4) is 0 Å². The first-order chi connectivity index (χ1) is 16.5. The number of benzene rings is 1. The van der Waals surface area contributed by atoms with Crippen LogP contribution < -0.4 is 5.32 Å². The molecule has 3 aliphatic rings. The number of amides is 1. The lowest BCUT2D eigenvalue weighted by molar-refractivity contribution is -0.135. The van der Waals surface area contributed by atoms with Gasteiger partial charge in [0.25, 0.3) is 0 Å². The predicted octanol–water partition coefficient (Wildman–Crippen LogP) is 3.88. The monoisotopic (exact) mass is 493 g/mol. The molecule has 0 radical (unpaired) electrons. The van der Waals surface area contributed by atoms with Gasteiger partial charge in [0.2, 0.25) is 5.91 Å². The predicted molar refractivity (Wildman–Crippen MR) is 136 cm³/mol. The minimum atomic E-state index is 0.0529. The molecule has 176 valence electrons. The summed E-state index contributed by atoms with van der Waals surface area (Å²) in [6.45, 7) is 1.70. The fourth-order valence-electron chi connectivity index (χ4n) is 5.36. The lowest BCUT2D eigenvalue weighted by Gasteiger charge is -2.27. The summed E-state index contributed by atoms with van der Waals surface area (Å²) < 4.78 is 0. The van der Waals surface area contributed by atoms with Crippen molar-refractivity contribution < 1.29 is 9.59 Å². The largest absolute Gasteiger partial charge is 0.341 e. The molecule has 0 spiro atoms. The summed E-state index contributed by atoms with van der Waals surface area (Å²) in [5.74, 6) is 1.16. The third kappa shape index (κ3) is 3.89. The SMILES string of the molecule is CN(C)C1CCN(C(=O)C2CCc3c(sc4ncnc(Nc5ccc6c(c5)SC(=O)C6)c34)C2)C1. The van der Waals surface area contributed by atoms with Gasteiger partial charge >= 0.3 is 0 Å². The number of aromatic nitrogens is 2. The lowest BCUT2D eigenvalue weighted by Crippen LogP contribution is -2.39. The Bertz CT molecular complexity index is 1300. The molecule has 0 saturated carbocycles. The zero-order chi connectivity index (χ0) is 23.4. The zero-order valence-electron chi connectivity index (χ0n) is 19.3. The third-order valence-electron chi connectivity index (χ3n) is 7.29. The van der Waals surface area contributed by atoms with Crippen LogP contribution in [0.1, 0.15) is 28.8 Å². The summed E-state index contributed by atoms with van der Waals surface area (Å²) in [4.78, 5) is 41.7. The average molecular weight is 494 g/mol. The van der Waals surface area contributed by atoms with Crippen LogP contribution in [-0.2, 0) is 28.9 Å². The fraction of sp³-hybridized carbons (Fsp3) is 0.440. The normalized spacial score (nSPS) is 21.9. The van der Waals surface area contributed by atoms with Gasteiger partial charge in [-0.2, -0.15) is 0 Å². The number of hydrogen-bond acceptors (Lipinski definition) is 8. The molecule has 1 aromatic carbocycles. The molecule has 2 aliphatic heterocycles. The Hall–Kier alpha value is -2.49. The van der Waals surface area contributed by atoms with Gasteiger partial charge < -0.3 is 15.1 Å². The lowest BCUT2D eigenvalue weighted by atomic mass is 9.87. The van der Waals surface area contributed by atoms with E-state index in [9.17, 15) is 9.59 Å². The number of rotatable bonds is 4. The molecule has 34 heavy (non-hydrogen) atoms. The molecule has 1 N–H and O–H groups in total. The molecule has 1 saturated heterocycles. The zero-order valence-corrected chi connectivity index (χ0v) is 21.0. The first-order valence-electron chi connectivity index (χ1n) is 11.8. The van der Waals surface area contributed by atoms with Crippen molar-refractivity contribution in [1.82, 2.24) is 19.8 Å². The van der Waals surface area contributed by atoms with Crippen LogP contribution in [-0.4, -0.2) is 64.0 Å². The van der Waals surface area contributed by atoms with E-state index in [-0.39, 0.29) is 11.0 Å². The van der Waals surface area contributed by atoms with Crippen molar-refractivity contribution >= 4 is 55.8 Å². The number of anilines is 2. The average Bonchev–Trinajstić information content (AvgIpc) is 3.54. The summed E-state index contributed by atoms with van der Waals surface area (Å²) >= 11 is 3.01. The molecule has 7 nitrogen and oxygen atoms in total. The second kappa shape index (κ2) is 8.62. The van der Waals surface area contributed by atoms with Crippen LogP contribution in [0.15, 0.2) is 29.4 Å². The number of aryl methyl sites for hydroxylation is 1. The van der Waals surface area contributed by atoms with Crippen molar-refractivity contribution in [1.29, 1.82) is 0 Å². The van der Waals surface area contributed by atoms with Crippen LogP contribution in [0.25, 0.3) is 10.2 Å². The highest BCUT2D eigenvalue weighted by Gasteiger charge is 2.35. The Morgan fingerprint density at radius 3 is 2.94 bits per heavy atom. The quantitative estimate of drug-likeness (QED) is 0.591. The van der Waals surface area contributed by atoms with Gasteiger partial charge in [0, 0.05) is 46.9 Å². The molecule has 2 unspecified atom stereocenters. The van der Waals surface area contributed by atoms with E-state index in [0.717, 1.165) is 71.0 Å². The molecular weight excluding hydrogens is 466 g/mol. The minimum Gasteiger partial charge on any atom is -0.341 e. The maximum absolute atomic E-state index is 13.3. The number of fused-ring (bicyclic) bond motifs is 4. The Labute approximate surface area is 206 Å². The number of carbonyl (C=O) groups excluding carboxylic acids is 2. The number of nitrogens with zero attached hydrogens (tertiary/aromatic N) is 4. The van der Waals surface area contributed by atoms with Crippen molar-refractivity contribution in [2.45, 2.75) is 43.0 Å². The highest BCUT2D eigenvalue weighted by Crippen LogP contribution is 2.41. The molecular formula is C25H27N5O2S2. The molecule has 3 aromatic rings. The Morgan fingerprint density at radius 2 is 2.12 bits per heavy atom. The van der Waals surface area contributed by atoms with Gasteiger partial charge in [0.15, 0.2) is 5.12 Å². The summed E-state index contributed by atoms with van der Waals surface area (Å²) in [7, 11) is 4.19. The van der Waals surface area contributed by atoms with Crippen LogP contribution in [0.5, 0.6) is 0 Å². The van der Waals surface area contributed by atoms with E-state index in [1.165, 1.54) is 22.2 Å². The maximum Gasteiger partial charge on any atom is 0.226 e. The summed E-state index contributed by atoms with van der Waals surface area (Å²) in [6, 6.07) is 6.53. The van der Waals surface area contributed by atoms with Gasteiger partial charge in [-0.05, 0) is 63.0 Å². The van der Waals surface area contributed by atoms with Crippen molar-refractivity contribution in [3.63, 3.8) is 0 Å². The van der Waals surface area contributed by atoms with Gasteiger partial charge in [-0.15, -0.1) is 11.3 Å². The number of likely N-dealkylation sites (N-methyl/N-ethyl adjacent to an activating group) is 1. The molecule has 1 amide bonds. The van der Waals surface area contributed by atoms with Crippen LogP contribution >= 0.6 is 23.1 Å². The van der Waals surface area contributed by atoms with Crippen LogP contribution in [0.3, 0.4) is 0 Å². The number of thiophene rings is 1. The van der Waals surface area contributed by atoms with E-state index < -0.39 is 0 Å². The maximum atomic E-state index is 13.3. The number of thioether (sulfide) groups is 1. The van der Waals surface area contributed by atoms with Gasteiger partial charge in [0.05, 0.1) is 5.39 Å². The summed E-state index contributed by atoms with van der Waals surface area (Å²) in [5, 5.41) is 4.74. The number of hydrogen-bond donors (Lipinski definition) is 1. The highest BCUT2D eigenvalue weighted by molar-refractivity contribution is 8.14. The van der Waals surface area contributed by atoms with Gasteiger partial charge in [-0.25, -0.2) is 9.97 Å². The smallest absolute Gasteiger partial charge is 0.226 e. The first-order valence-corrected chi connectivity index (χ1v) is 13.4. The van der Waals surface area contributed by atoms with Crippen LogP contribution in [0, 0.1) is 5.92 Å². The molecule has 0 bridgehead atoms. The van der Waals surface area contributed by atoms with E-state index in [2.05, 4.69) is 39.2 Å². The Balaban J connectivity index is 1.24. The van der Waals surface area contributed by atoms with Gasteiger partial charge in [-0.1, -0.05) is 17.8 Å². The van der Waals surface area contributed by atoms with E-state index in [4.69, 9.17) is 0 Å². The first kappa shape index (κ1) is 22.0. The molecule has 2 atom stereocenters. The Morgan fingerprint density at radius 1 is 1.24 bits per heavy atom. The van der Waals surface area contributed by atoms with Gasteiger partial charge in [-0.3, -0.25) is 9.59 Å². The standard InChI is InChI=1S/C25H27N5O2S2/c1-29(2)17-7-8-30(12-17)25(32)15-4-6-18-20(9-15)34-24-22(18)23(26-13-27-24)28-16-5-3-14-10-21(31)33-19(14)11-16/h3,5,11,13,15,17H,4,6-10,12H2,1-2H3,(H,26,27,28). The second-order valence-corrected chi connectivity index (χ2v) is 11.8. The van der Waals surface area contributed by atoms with E-state index in [0.29, 0.717) is 18.4 Å². The summed E-state index contributed by atoms with van der Waals surface area (Å²) in [6.07, 6.45) is 5.69. The minimum absolute atomic E-state index is 0.0529. The van der Waals surface area contributed by atoms with Crippen LogP contribution in [0.4, 0.5) is 11.5 Å². The number of likely N-dealkylation sites (tertiary alicyclic amines) is 1. The molecule has 2 aromatic heterocycles. The second-order valence-electron chi connectivity index (χ2n) is 9.63. The molecule has 9 heteroatoms. The van der Waals surface area contributed by atoms with E-state index in [1.54, 1.807) is 17.7 Å². The van der Waals surface area contributed by atoms with Crippen molar-refractivity contribution in [2.24, 2.45) is 5.92 Å². The number of nitrogens with one attached hydrogen (secondary N) is 1. The third-order valence-corrected chi connectivity index (χ3v) is 9.42.